The van der Waals surface area contributed by atoms with E-state index in [0.717, 1.165) is 0 Å². The Bertz CT molecular complexity index is 858. The first kappa shape index (κ1) is 23.1. The van der Waals surface area contributed by atoms with Crippen molar-refractivity contribution < 1.29 is 14.5 Å². The summed E-state index contributed by atoms with van der Waals surface area (Å²) in [5.74, 6) is 0.599. The molecule has 0 saturated heterocycles. The molecule has 1 aromatic heterocycles. The third-order valence-electron chi connectivity index (χ3n) is 4.11. The molecule has 0 radical (unpaired) electrons. The van der Waals surface area contributed by atoms with Gasteiger partial charge in [0.25, 0.3) is 0 Å². The molecule has 0 aliphatic carbocycles. The molecule has 0 saturated carbocycles. The lowest BCUT2D eigenvalue weighted by atomic mass is 10.1. The minimum Gasteiger partial charge on any atom is -0.462 e. The van der Waals surface area contributed by atoms with E-state index in [1.165, 1.54) is 6.33 Å². The standard InChI is InChI=1S/C21H29N5O4/c1-6-30-21(27)16-7-9-17(10-8-16)24-19-18(26(28)29)20(23-13-22-19)25(11-14(2)3)12-15(4)5/h7-10,13-15H,6,11-12H2,1-5H3,(H,22,23,24). The molecule has 1 N–H and O–H groups in total. The van der Waals surface area contributed by atoms with Gasteiger partial charge in [0.2, 0.25) is 11.6 Å². The van der Waals surface area contributed by atoms with Gasteiger partial charge in [0.15, 0.2) is 0 Å². The third kappa shape index (κ3) is 6.13. The van der Waals surface area contributed by atoms with Crippen LogP contribution in [0.2, 0.25) is 0 Å². The Morgan fingerprint density at radius 2 is 1.73 bits per heavy atom. The summed E-state index contributed by atoms with van der Waals surface area (Å²) in [7, 11) is 0. The summed E-state index contributed by atoms with van der Waals surface area (Å²) in [6.45, 7) is 11.6. The van der Waals surface area contributed by atoms with Crippen LogP contribution in [0.25, 0.3) is 0 Å². The second-order valence-electron chi connectivity index (χ2n) is 7.77. The summed E-state index contributed by atoms with van der Waals surface area (Å²) in [4.78, 5) is 33.5. The Balaban J connectivity index is 2.38. The van der Waals surface area contributed by atoms with E-state index < -0.39 is 10.9 Å². The number of nitro groups is 1. The van der Waals surface area contributed by atoms with Crippen LogP contribution in [0.4, 0.5) is 23.0 Å². The van der Waals surface area contributed by atoms with Gasteiger partial charge in [0.1, 0.15) is 6.33 Å². The van der Waals surface area contributed by atoms with Gasteiger partial charge in [-0.2, -0.15) is 0 Å². The number of hydrogen-bond acceptors (Lipinski definition) is 8. The minimum absolute atomic E-state index is 0.103. The number of rotatable bonds is 10. The number of nitrogens with zero attached hydrogens (tertiary/aromatic N) is 4. The number of benzene rings is 1. The van der Waals surface area contributed by atoms with Gasteiger partial charge >= 0.3 is 11.7 Å². The fourth-order valence-corrected chi connectivity index (χ4v) is 3.03. The number of aromatic nitrogens is 2. The van der Waals surface area contributed by atoms with Crippen molar-refractivity contribution in [3.63, 3.8) is 0 Å². The molecule has 0 atom stereocenters. The number of esters is 1. The molecule has 0 fully saturated rings. The minimum atomic E-state index is -0.460. The van der Waals surface area contributed by atoms with Gasteiger partial charge in [-0.3, -0.25) is 10.1 Å². The van der Waals surface area contributed by atoms with Crippen molar-refractivity contribution in [2.75, 3.05) is 29.9 Å². The number of anilines is 3. The van der Waals surface area contributed by atoms with Gasteiger partial charge in [-0.1, -0.05) is 27.7 Å². The van der Waals surface area contributed by atoms with Crippen LogP contribution in [-0.2, 0) is 4.74 Å². The van der Waals surface area contributed by atoms with Crippen LogP contribution in [0.3, 0.4) is 0 Å². The van der Waals surface area contributed by atoms with Gasteiger partial charge < -0.3 is 15.0 Å². The molecule has 0 unspecified atom stereocenters. The first-order chi connectivity index (χ1) is 14.2. The van der Waals surface area contributed by atoms with Crippen LogP contribution in [-0.4, -0.2) is 40.6 Å². The molecule has 30 heavy (non-hydrogen) atoms. The summed E-state index contributed by atoms with van der Waals surface area (Å²) < 4.78 is 4.97. The number of nitrogens with one attached hydrogen (secondary N) is 1. The highest BCUT2D eigenvalue weighted by atomic mass is 16.6. The van der Waals surface area contributed by atoms with Gasteiger partial charge in [0, 0.05) is 18.8 Å². The zero-order valence-electron chi connectivity index (χ0n) is 18.1. The smallest absolute Gasteiger partial charge is 0.353 e. The average Bonchev–Trinajstić information content (AvgIpc) is 2.67. The number of carbonyl (C=O) groups excluding carboxylic acids is 1. The number of ether oxygens (including phenoxy) is 1. The monoisotopic (exact) mass is 415 g/mol. The van der Waals surface area contributed by atoms with Crippen molar-refractivity contribution in [3.8, 4) is 0 Å². The summed E-state index contributed by atoms with van der Waals surface area (Å²) in [5, 5.41) is 14.9. The summed E-state index contributed by atoms with van der Waals surface area (Å²) in [5.41, 5.74) is 0.795. The van der Waals surface area contributed by atoms with E-state index in [1.54, 1.807) is 31.2 Å². The number of carbonyl (C=O) groups is 1. The Labute approximate surface area is 176 Å². The van der Waals surface area contributed by atoms with Crippen LogP contribution in [0.15, 0.2) is 30.6 Å². The average molecular weight is 415 g/mol. The molecule has 162 valence electrons. The lowest BCUT2D eigenvalue weighted by molar-refractivity contribution is -0.383. The maximum absolute atomic E-state index is 11.9. The fourth-order valence-electron chi connectivity index (χ4n) is 3.03. The van der Waals surface area contributed by atoms with Crippen LogP contribution in [0, 0.1) is 22.0 Å². The number of hydrogen-bond donors (Lipinski definition) is 1. The molecule has 9 nitrogen and oxygen atoms in total. The van der Waals surface area contributed by atoms with Crippen LogP contribution < -0.4 is 10.2 Å². The molecule has 0 bridgehead atoms. The van der Waals surface area contributed by atoms with Gasteiger partial charge in [-0.15, -0.1) is 0 Å². The molecule has 0 aliphatic heterocycles. The zero-order chi connectivity index (χ0) is 22.3. The SMILES string of the molecule is CCOC(=O)c1ccc(Nc2ncnc(N(CC(C)C)CC(C)C)c2[N+](=O)[O-])cc1. The van der Waals surface area contributed by atoms with Crippen molar-refractivity contribution in [1.82, 2.24) is 9.97 Å². The fraction of sp³-hybridized carbons (Fsp3) is 0.476. The van der Waals surface area contributed by atoms with Crippen molar-refractivity contribution in [2.24, 2.45) is 11.8 Å². The predicted molar refractivity (Wildman–Crippen MR) is 116 cm³/mol. The molecular weight excluding hydrogens is 386 g/mol. The Kier molecular flexibility index (Phi) is 8.08. The molecule has 0 aliphatic rings. The van der Waals surface area contributed by atoms with E-state index >= 15 is 0 Å². The Morgan fingerprint density at radius 1 is 1.13 bits per heavy atom. The van der Waals surface area contributed by atoms with E-state index in [9.17, 15) is 14.9 Å². The second kappa shape index (κ2) is 10.5. The van der Waals surface area contributed by atoms with E-state index in [0.29, 0.717) is 42.0 Å². The Morgan fingerprint density at radius 3 is 2.23 bits per heavy atom. The molecule has 1 aromatic carbocycles. The molecule has 0 amide bonds. The van der Waals surface area contributed by atoms with Crippen molar-refractivity contribution in [2.45, 2.75) is 34.6 Å². The van der Waals surface area contributed by atoms with E-state index in [1.807, 2.05) is 4.90 Å². The lowest BCUT2D eigenvalue weighted by Gasteiger charge is -2.27. The second-order valence-corrected chi connectivity index (χ2v) is 7.77. The largest absolute Gasteiger partial charge is 0.462 e. The predicted octanol–water partition coefficient (Wildman–Crippen LogP) is 4.42. The molecule has 9 heteroatoms. The van der Waals surface area contributed by atoms with Crippen LogP contribution >= 0.6 is 0 Å². The van der Waals surface area contributed by atoms with Crippen molar-refractivity contribution >= 4 is 29.0 Å². The summed E-state index contributed by atoms with van der Waals surface area (Å²) in [6.07, 6.45) is 1.32. The third-order valence-corrected chi connectivity index (χ3v) is 4.11. The topological polar surface area (TPSA) is 110 Å². The summed E-state index contributed by atoms with van der Waals surface area (Å²) in [6, 6.07) is 6.49. The molecule has 1 heterocycles. The van der Waals surface area contributed by atoms with E-state index in [-0.39, 0.29) is 18.1 Å². The maximum Gasteiger partial charge on any atom is 0.353 e. The van der Waals surface area contributed by atoms with Crippen molar-refractivity contribution in [1.29, 1.82) is 0 Å². The lowest BCUT2D eigenvalue weighted by Crippen LogP contribution is -2.32. The van der Waals surface area contributed by atoms with Gasteiger partial charge in [0.05, 0.1) is 17.1 Å². The molecule has 2 aromatic rings. The van der Waals surface area contributed by atoms with Crippen molar-refractivity contribution in [3.05, 3.63) is 46.3 Å². The highest BCUT2D eigenvalue weighted by Crippen LogP contribution is 2.34. The van der Waals surface area contributed by atoms with Crippen LogP contribution in [0.5, 0.6) is 0 Å². The highest BCUT2D eigenvalue weighted by molar-refractivity contribution is 5.90. The Hall–Kier alpha value is -3.23. The molecular formula is C21H29N5O4. The van der Waals surface area contributed by atoms with E-state index in [4.69, 9.17) is 4.74 Å². The normalized spacial score (nSPS) is 10.9. The zero-order valence-corrected chi connectivity index (χ0v) is 18.1. The van der Waals surface area contributed by atoms with Crippen LogP contribution in [0.1, 0.15) is 45.0 Å². The first-order valence-corrected chi connectivity index (χ1v) is 10.0. The highest BCUT2D eigenvalue weighted by Gasteiger charge is 2.28. The van der Waals surface area contributed by atoms with Gasteiger partial charge in [-0.05, 0) is 43.0 Å². The molecule has 2 rings (SSSR count). The first-order valence-electron chi connectivity index (χ1n) is 10.0. The van der Waals surface area contributed by atoms with Gasteiger partial charge in [-0.25, -0.2) is 14.8 Å². The quantitative estimate of drug-likeness (QED) is 0.345. The van der Waals surface area contributed by atoms with E-state index in [2.05, 4.69) is 43.0 Å². The maximum atomic E-state index is 11.9. The summed E-state index contributed by atoms with van der Waals surface area (Å²) >= 11 is 0. The molecule has 0 spiro atoms.